The standard InChI is InChI=1S/C9H20O3S/c1-9(2,3)7-5-6-8-12-13(4,10)11/h5-8H2,1-4H3. The molecule has 0 aliphatic carbocycles. The van der Waals surface area contributed by atoms with Gasteiger partial charge in [0, 0.05) is 0 Å². The van der Waals surface area contributed by atoms with Gasteiger partial charge in [0.05, 0.1) is 12.9 Å². The summed E-state index contributed by atoms with van der Waals surface area (Å²) in [6.07, 6.45) is 4.00. The summed E-state index contributed by atoms with van der Waals surface area (Å²) in [5, 5.41) is 0. The van der Waals surface area contributed by atoms with E-state index in [1.165, 1.54) is 0 Å². The lowest BCUT2D eigenvalue weighted by molar-refractivity contribution is 0.290. The molecule has 0 radical (unpaired) electrons. The van der Waals surface area contributed by atoms with Crippen LogP contribution in [0.4, 0.5) is 0 Å². The fraction of sp³-hybridized carbons (Fsp3) is 1.00. The Labute approximate surface area is 81.6 Å². The SMILES string of the molecule is CC(C)(C)CCCCOS(C)(=O)=O. The van der Waals surface area contributed by atoms with Gasteiger partial charge in [0.25, 0.3) is 10.1 Å². The zero-order valence-electron chi connectivity index (χ0n) is 8.96. The van der Waals surface area contributed by atoms with Crippen LogP contribution in [0, 0.1) is 5.41 Å². The lowest BCUT2D eigenvalue weighted by Crippen LogP contribution is -2.07. The first kappa shape index (κ1) is 12.9. The van der Waals surface area contributed by atoms with Crippen LogP contribution >= 0.6 is 0 Å². The van der Waals surface area contributed by atoms with E-state index in [0.717, 1.165) is 25.5 Å². The molecule has 0 amide bonds. The summed E-state index contributed by atoms with van der Waals surface area (Å²) in [5.41, 5.74) is 0.324. The average Bonchev–Trinajstić information content (AvgIpc) is 1.81. The summed E-state index contributed by atoms with van der Waals surface area (Å²) in [4.78, 5) is 0. The highest BCUT2D eigenvalue weighted by molar-refractivity contribution is 7.85. The maximum atomic E-state index is 10.6. The van der Waals surface area contributed by atoms with Gasteiger partial charge in [-0.1, -0.05) is 27.2 Å². The van der Waals surface area contributed by atoms with E-state index in [1.54, 1.807) is 0 Å². The fourth-order valence-electron chi connectivity index (χ4n) is 0.968. The van der Waals surface area contributed by atoms with Crippen LogP contribution in [0.5, 0.6) is 0 Å². The minimum absolute atomic E-state index is 0.314. The van der Waals surface area contributed by atoms with Crippen molar-refractivity contribution in [2.45, 2.75) is 40.0 Å². The number of hydrogen-bond acceptors (Lipinski definition) is 3. The molecule has 0 bridgehead atoms. The molecule has 0 rings (SSSR count). The van der Waals surface area contributed by atoms with E-state index in [1.807, 2.05) is 0 Å². The molecular weight excluding hydrogens is 188 g/mol. The van der Waals surface area contributed by atoms with Crippen LogP contribution in [0.15, 0.2) is 0 Å². The van der Waals surface area contributed by atoms with Gasteiger partial charge in [0.15, 0.2) is 0 Å². The molecule has 0 heterocycles. The monoisotopic (exact) mass is 208 g/mol. The Kier molecular flexibility index (Phi) is 4.92. The number of unbranched alkanes of at least 4 members (excludes halogenated alkanes) is 1. The quantitative estimate of drug-likeness (QED) is 0.514. The lowest BCUT2D eigenvalue weighted by Gasteiger charge is -2.17. The van der Waals surface area contributed by atoms with Crippen molar-refractivity contribution in [1.29, 1.82) is 0 Å². The first-order valence-corrected chi connectivity index (χ1v) is 6.37. The van der Waals surface area contributed by atoms with E-state index in [0.29, 0.717) is 12.0 Å². The first-order chi connectivity index (χ1) is 5.71. The molecule has 0 aromatic heterocycles. The van der Waals surface area contributed by atoms with Crippen molar-refractivity contribution < 1.29 is 12.6 Å². The van der Waals surface area contributed by atoms with Gasteiger partial charge >= 0.3 is 0 Å². The van der Waals surface area contributed by atoms with Gasteiger partial charge < -0.3 is 0 Å². The predicted octanol–water partition coefficient (Wildman–Crippen LogP) is 2.18. The first-order valence-electron chi connectivity index (χ1n) is 4.55. The average molecular weight is 208 g/mol. The Balaban J connectivity index is 3.39. The van der Waals surface area contributed by atoms with E-state index in [-0.39, 0.29) is 0 Å². The molecule has 13 heavy (non-hydrogen) atoms. The second kappa shape index (κ2) is 4.96. The van der Waals surface area contributed by atoms with E-state index >= 15 is 0 Å². The molecule has 0 N–H and O–H groups in total. The minimum Gasteiger partial charge on any atom is -0.270 e. The Bertz CT molecular complexity index is 224. The highest BCUT2D eigenvalue weighted by Gasteiger charge is 2.09. The van der Waals surface area contributed by atoms with Crippen LogP contribution in [0.2, 0.25) is 0 Å². The van der Waals surface area contributed by atoms with Gasteiger partial charge in [0.1, 0.15) is 0 Å². The molecule has 0 saturated carbocycles. The molecule has 3 nitrogen and oxygen atoms in total. The largest absolute Gasteiger partial charge is 0.270 e. The van der Waals surface area contributed by atoms with Crippen molar-refractivity contribution >= 4 is 10.1 Å². The summed E-state index contributed by atoms with van der Waals surface area (Å²) >= 11 is 0. The topological polar surface area (TPSA) is 43.4 Å². The molecule has 0 spiro atoms. The van der Waals surface area contributed by atoms with Crippen LogP contribution in [0.1, 0.15) is 40.0 Å². The van der Waals surface area contributed by atoms with E-state index in [9.17, 15) is 8.42 Å². The van der Waals surface area contributed by atoms with Crippen LogP contribution in [-0.4, -0.2) is 21.3 Å². The second-order valence-corrected chi connectivity index (χ2v) is 6.19. The summed E-state index contributed by atoms with van der Waals surface area (Å²) in [7, 11) is -3.24. The highest BCUT2D eigenvalue weighted by Crippen LogP contribution is 2.21. The Morgan fingerprint density at radius 2 is 1.69 bits per heavy atom. The third kappa shape index (κ3) is 11.9. The Hall–Kier alpha value is -0.0900. The number of rotatable bonds is 5. The molecule has 0 unspecified atom stereocenters. The Morgan fingerprint density at radius 1 is 1.15 bits per heavy atom. The fourth-order valence-corrected chi connectivity index (χ4v) is 1.39. The summed E-state index contributed by atoms with van der Waals surface area (Å²) in [5.74, 6) is 0. The third-order valence-electron chi connectivity index (χ3n) is 1.62. The van der Waals surface area contributed by atoms with Crippen molar-refractivity contribution in [3.63, 3.8) is 0 Å². The van der Waals surface area contributed by atoms with E-state index in [2.05, 4.69) is 25.0 Å². The lowest BCUT2D eigenvalue weighted by atomic mass is 9.90. The molecule has 0 fully saturated rings. The maximum Gasteiger partial charge on any atom is 0.264 e. The smallest absolute Gasteiger partial charge is 0.264 e. The molecule has 0 saturated heterocycles. The zero-order chi connectivity index (χ0) is 10.5. The molecule has 0 atom stereocenters. The van der Waals surface area contributed by atoms with E-state index in [4.69, 9.17) is 0 Å². The van der Waals surface area contributed by atoms with Crippen molar-refractivity contribution in [3.05, 3.63) is 0 Å². The van der Waals surface area contributed by atoms with Crippen LogP contribution < -0.4 is 0 Å². The van der Waals surface area contributed by atoms with Crippen LogP contribution in [0.3, 0.4) is 0 Å². The number of hydrogen-bond donors (Lipinski definition) is 0. The summed E-state index contributed by atoms with van der Waals surface area (Å²) in [6, 6.07) is 0. The van der Waals surface area contributed by atoms with Crippen LogP contribution in [0.25, 0.3) is 0 Å². The highest BCUT2D eigenvalue weighted by atomic mass is 32.2. The normalized spacial score (nSPS) is 13.2. The molecule has 4 heteroatoms. The predicted molar refractivity (Wildman–Crippen MR) is 54.1 cm³/mol. The minimum atomic E-state index is -3.24. The zero-order valence-corrected chi connectivity index (χ0v) is 9.78. The molecule has 0 aromatic rings. The van der Waals surface area contributed by atoms with Gasteiger partial charge in [-0.05, 0) is 18.3 Å². The Morgan fingerprint density at radius 3 is 2.08 bits per heavy atom. The molecule has 0 aliphatic rings. The van der Waals surface area contributed by atoms with Gasteiger partial charge in [-0.15, -0.1) is 0 Å². The third-order valence-corrected chi connectivity index (χ3v) is 2.21. The van der Waals surface area contributed by atoms with E-state index < -0.39 is 10.1 Å². The van der Waals surface area contributed by atoms with Crippen molar-refractivity contribution in [3.8, 4) is 0 Å². The summed E-state index contributed by atoms with van der Waals surface area (Å²) < 4.78 is 25.8. The molecular formula is C9H20O3S. The van der Waals surface area contributed by atoms with Crippen molar-refractivity contribution in [2.75, 3.05) is 12.9 Å². The van der Waals surface area contributed by atoms with Gasteiger partial charge in [-0.3, -0.25) is 4.18 Å². The summed E-state index contributed by atoms with van der Waals surface area (Å²) in [6.45, 7) is 6.83. The van der Waals surface area contributed by atoms with Gasteiger partial charge in [-0.25, -0.2) is 0 Å². The van der Waals surface area contributed by atoms with Gasteiger partial charge in [-0.2, -0.15) is 8.42 Å². The second-order valence-electron chi connectivity index (χ2n) is 4.54. The molecule has 0 aromatic carbocycles. The van der Waals surface area contributed by atoms with Gasteiger partial charge in [0.2, 0.25) is 0 Å². The van der Waals surface area contributed by atoms with Crippen molar-refractivity contribution in [2.24, 2.45) is 5.41 Å². The molecule has 80 valence electrons. The maximum absolute atomic E-state index is 10.6. The molecule has 0 aliphatic heterocycles. The van der Waals surface area contributed by atoms with Crippen molar-refractivity contribution in [1.82, 2.24) is 0 Å². The van der Waals surface area contributed by atoms with Crippen LogP contribution in [-0.2, 0) is 14.3 Å².